The maximum atomic E-state index is 12.5. The van der Waals surface area contributed by atoms with Crippen LogP contribution in [-0.4, -0.2) is 34.5 Å². The molecule has 0 spiro atoms. The maximum Gasteiger partial charge on any atom is 0.254 e. The van der Waals surface area contributed by atoms with E-state index in [1.165, 1.54) is 19.3 Å². The Labute approximate surface area is 137 Å². The Morgan fingerprint density at radius 2 is 2.17 bits per heavy atom. The molecule has 2 N–H and O–H groups in total. The lowest BCUT2D eigenvalue weighted by atomic mass is 9.85. The molecule has 0 aromatic carbocycles. The largest absolute Gasteiger partial charge is 0.390 e. The number of hydrogen-bond donors (Lipinski definition) is 2. The number of carbonyl (C=O) groups excluding carboxylic acids is 1. The molecule has 1 unspecified atom stereocenters. The zero-order chi connectivity index (χ0) is 16.2. The number of H-pyrrole nitrogens is 1. The first-order chi connectivity index (χ1) is 11.1. The molecule has 1 aromatic heterocycles. The van der Waals surface area contributed by atoms with Crippen LogP contribution in [0.1, 0.15) is 74.3 Å². The van der Waals surface area contributed by atoms with Crippen molar-refractivity contribution >= 4 is 11.6 Å². The summed E-state index contributed by atoms with van der Waals surface area (Å²) >= 11 is 0. The Balaban J connectivity index is 1.54. The highest BCUT2D eigenvalue weighted by Crippen LogP contribution is 2.33. The van der Waals surface area contributed by atoms with Gasteiger partial charge in [0, 0.05) is 12.3 Å². The van der Waals surface area contributed by atoms with Crippen LogP contribution in [0.5, 0.6) is 0 Å². The van der Waals surface area contributed by atoms with Crippen molar-refractivity contribution < 1.29 is 9.63 Å². The molecular formula is C17H26N4O2. The van der Waals surface area contributed by atoms with Crippen molar-refractivity contribution in [2.75, 3.05) is 6.54 Å². The summed E-state index contributed by atoms with van der Waals surface area (Å²) in [6.45, 7) is 4.68. The molecule has 1 aliphatic heterocycles. The highest BCUT2D eigenvalue weighted by molar-refractivity contribution is 5.95. The van der Waals surface area contributed by atoms with Gasteiger partial charge in [-0.15, -0.1) is 0 Å². The fourth-order valence-electron chi connectivity index (χ4n) is 3.38. The summed E-state index contributed by atoms with van der Waals surface area (Å²) in [5.74, 6) is 0.758. The Morgan fingerprint density at radius 3 is 2.87 bits per heavy atom. The summed E-state index contributed by atoms with van der Waals surface area (Å²) in [7, 11) is 0. The SMILES string of the molecule is CC(C)C1=NOC(CNC(=O)c2cn[nH]c2C2CCCCC2)C1. The molecule has 0 bridgehead atoms. The van der Waals surface area contributed by atoms with E-state index >= 15 is 0 Å². The smallest absolute Gasteiger partial charge is 0.254 e. The highest BCUT2D eigenvalue weighted by atomic mass is 16.6. The number of carbonyl (C=O) groups is 1. The van der Waals surface area contributed by atoms with E-state index < -0.39 is 0 Å². The van der Waals surface area contributed by atoms with Gasteiger partial charge in [0.15, 0.2) is 0 Å². The summed E-state index contributed by atoms with van der Waals surface area (Å²) in [5, 5.41) is 14.2. The van der Waals surface area contributed by atoms with E-state index in [1.54, 1.807) is 6.20 Å². The summed E-state index contributed by atoms with van der Waals surface area (Å²) in [6, 6.07) is 0. The fraction of sp³-hybridized carbons (Fsp3) is 0.706. The average Bonchev–Trinajstić information content (AvgIpc) is 3.23. The van der Waals surface area contributed by atoms with Crippen molar-refractivity contribution in [3.05, 3.63) is 17.5 Å². The number of amides is 1. The number of aromatic nitrogens is 2. The van der Waals surface area contributed by atoms with Gasteiger partial charge in [-0.05, 0) is 18.8 Å². The van der Waals surface area contributed by atoms with Crippen molar-refractivity contribution in [1.82, 2.24) is 15.5 Å². The molecular weight excluding hydrogens is 292 g/mol. The summed E-state index contributed by atoms with van der Waals surface area (Å²) < 4.78 is 0. The normalized spacial score (nSPS) is 22.0. The van der Waals surface area contributed by atoms with Crippen molar-refractivity contribution in [1.29, 1.82) is 0 Å². The summed E-state index contributed by atoms with van der Waals surface area (Å²) in [6.07, 6.45) is 8.42. The van der Waals surface area contributed by atoms with Gasteiger partial charge in [0.2, 0.25) is 0 Å². The van der Waals surface area contributed by atoms with E-state index in [1.807, 2.05) is 0 Å². The highest BCUT2D eigenvalue weighted by Gasteiger charge is 2.26. The van der Waals surface area contributed by atoms with Crippen molar-refractivity contribution in [3.8, 4) is 0 Å². The molecule has 1 aromatic rings. The lowest BCUT2D eigenvalue weighted by molar-refractivity contribution is 0.0752. The zero-order valence-electron chi connectivity index (χ0n) is 14.0. The second kappa shape index (κ2) is 7.15. The maximum absolute atomic E-state index is 12.5. The van der Waals surface area contributed by atoms with Crippen LogP contribution >= 0.6 is 0 Å². The van der Waals surface area contributed by atoms with Crippen LogP contribution in [0.15, 0.2) is 11.4 Å². The molecule has 2 heterocycles. The van der Waals surface area contributed by atoms with Crippen LogP contribution in [0.25, 0.3) is 0 Å². The van der Waals surface area contributed by atoms with Gasteiger partial charge in [0.25, 0.3) is 5.91 Å². The van der Waals surface area contributed by atoms with Gasteiger partial charge >= 0.3 is 0 Å². The zero-order valence-corrected chi connectivity index (χ0v) is 14.0. The Bertz CT molecular complexity index is 573. The van der Waals surface area contributed by atoms with E-state index in [0.29, 0.717) is 23.9 Å². The second-order valence-corrected chi connectivity index (χ2v) is 6.91. The number of hydrogen-bond acceptors (Lipinski definition) is 4. The lowest BCUT2D eigenvalue weighted by Crippen LogP contribution is -2.33. The molecule has 1 amide bonds. The van der Waals surface area contributed by atoms with Crippen molar-refractivity contribution in [3.63, 3.8) is 0 Å². The Morgan fingerprint density at radius 1 is 1.39 bits per heavy atom. The quantitative estimate of drug-likeness (QED) is 0.876. The van der Waals surface area contributed by atoms with E-state index in [-0.39, 0.29) is 12.0 Å². The minimum atomic E-state index is -0.0686. The average molecular weight is 318 g/mol. The van der Waals surface area contributed by atoms with Gasteiger partial charge in [-0.1, -0.05) is 38.3 Å². The molecule has 6 heteroatoms. The van der Waals surface area contributed by atoms with Crippen LogP contribution in [0, 0.1) is 5.92 Å². The molecule has 23 heavy (non-hydrogen) atoms. The van der Waals surface area contributed by atoms with E-state index in [2.05, 4.69) is 34.5 Å². The third kappa shape index (κ3) is 3.74. The van der Waals surface area contributed by atoms with Gasteiger partial charge in [0.1, 0.15) is 6.10 Å². The van der Waals surface area contributed by atoms with E-state index in [0.717, 1.165) is 30.7 Å². The first kappa shape index (κ1) is 16.0. The number of nitrogens with one attached hydrogen (secondary N) is 2. The number of aromatic amines is 1. The minimum Gasteiger partial charge on any atom is -0.390 e. The van der Waals surface area contributed by atoms with Gasteiger partial charge in [-0.25, -0.2) is 0 Å². The van der Waals surface area contributed by atoms with Crippen LogP contribution in [-0.2, 0) is 4.84 Å². The van der Waals surface area contributed by atoms with Gasteiger partial charge in [-0.3, -0.25) is 9.89 Å². The molecule has 1 saturated carbocycles. The third-order valence-corrected chi connectivity index (χ3v) is 4.84. The van der Waals surface area contributed by atoms with E-state index in [9.17, 15) is 4.79 Å². The predicted octanol–water partition coefficient (Wildman–Crippen LogP) is 2.99. The molecule has 1 atom stereocenters. The van der Waals surface area contributed by atoms with Crippen molar-refractivity contribution in [2.45, 2.75) is 64.4 Å². The lowest BCUT2D eigenvalue weighted by Gasteiger charge is -2.21. The fourth-order valence-corrected chi connectivity index (χ4v) is 3.38. The monoisotopic (exact) mass is 318 g/mol. The first-order valence-corrected chi connectivity index (χ1v) is 8.69. The molecule has 0 radical (unpaired) electrons. The number of oxime groups is 1. The van der Waals surface area contributed by atoms with Crippen LogP contribution in [0.3, 0.4) is 0 Å². The van der Waals surface area contributed by atoms with Gasteiger partial charge in [0.05, 0.1) is 29.7 Å². The first-order valence-electron chi connectivity index (χ1n) is 8.69. The van der Waals surface area contributed by atoms with Gasteiger partial charge < -0.3 is 10.2 Å². The Kier molecular flexibility index (Phi) is 4.98. The number of rotatable bonds is 5. The standard InChI is InChI=1S/C17H26N4O2/c1-11(2)15-8-13(23-21-15)9-18-17(22)14-10-19-20-16(14)12-6-4-3-5-7-12/h10-13H,3-9H2,1-2H3,(H,18,22)(H,19,20). The minimum absolute atomic E-state index is 0.0543. The van der Waals surface area contributed by atoms with Crippen LogP contribution in [0.2, 0.25) is 0 Å². The molecule has 3 rings (SSSR count). The molecule has 126 valence electrons. The number of nitrogens with zero attached hydrogens (tertiary/aromatic N) is 2. The predicted molar refractivity (Wildman–Crippen MR) is 88.5 cm³/mol. The topological polar surface area (TPSA) is 79.4 Å². The molecule has 1 fully saturated rings. The van der Waals surface area contributed by atoms with Crippen molar-refractivity contribution in [2.24, 2.45) is 11.1 Å². The molecule has 0 saturated heterocycles. The molecule has 6 nitrogen and oxygen atoms in total. The second-order valence-electron chi connectivity index (χ2n) is 6.91. The summed E-state index contributed by atoms with van der Waals surface area (Å²) in [4.78, 5) is 17.9. The van der Waals surface area contributed by atoms with Crippen LogP contribution < -0.4 is 5.32 Å². The van der Waals surface area contributed by atoms with E-state index in [4.69, 9.17) is 4.84 Å². The molecule has 1 aliphatic carbocycles. The molecule has 2 aliphatic rings. The summed E-state index contributed by atoms with van der Waals surface area (Å²) in [5.41, 5.74) is 2.74. The third-order valence-electron chi connectivity index (χ3n) is 4.84. The van der Waals surface area contributed by atoms with Gasteiger partial charge in [-0.2, -0.15) is 5.10 Å². The Hall–Kier alpha value is -1.85. The van der Waals surface area contributed by atoms with Crippen LogP contribution in [0.4, 0.5) is 0 Å².